The first-order valence-corrected chi connectivity index (χ1v) is 7.09. The minimum atomic E-state index is -0.716. The van der Waals surface area contributed by atoms with Gasteiger partial charge in [-0.1, -0.05) is 12.1 Å². The van der Waals surface area contributed by atoms with Gasteiger partial charge in [-0.05, 0) is 12.1 Å². The van der Waals surface area contributed by atoms with Crippen LogP contribution >= 0.6 is 0 Å². The van der Waals surface area contributed by atoms with Crippen molar-refractivity contribution in [3.63, 3.8) is 0 Å². The molecule has 0 spiro atoms. The largest absolute Gasteiger partial charge is 0.504 e. The van der Waals surface area contributed by atoms with Crippen molar-refractivity contribution < 1.29 is 19.1 Å². The molecule has 2 amide bonds. The maximum absolute atomic E-state index is 13.8. The molecule has 0 aliphatic heterocycles. The average molecular weight is 344 g/mol. The van der Waals surface area contributed by atoms with E-state index in [-0.39, 0.29) is 23.6 Å². The molecule has 25 heavy (non-hydrogen) atoms. The summed E-state index contributed by atoms with van der Waals surface area (Å²) >= 11 is 0. The van der Waals surface area contributed by atoms with Crippen LogP contribution in [0, 0.1) is 5.82 Å². The van der Waals surface area contributed by atoms with Crippen LogP contribution in [0.2, 0.25) is 0 Å². The number of anilines is 1. The number of hydrogen-bond donors (Lipinski definition) is 3. The standard InChI is InChI=1S/C15H13FN6O3/c16-10-3-1-2-4-11(10)22-7-12(23)14(20-22)15(25)19-9-5-18-21(6-9)8-13(17)24/h1-7,23H,8H2,(H2,17,24)(H,19,25). The van der Waals surface area contributed by atoms with Gasteiger partial charge in [-0.15, -0.1) is 0 Å². The number of para-hydroxylation sites is 1. The Labute approximate surface area is 140 Å². The van der Waals surface area contributed by atoms with E-state index < -0.39 is 23.4 Å². The minimum Gasteiger partial charge on any atom is -0.504 e. The maximum Gasteiger partial charge on any atom is 0.280 e. The Bertz CT molecular complexity index is 948. The normalized spacial score (nSPS) is 10.6. The quantitative estimate of drug-likeness (QED) is 0.626. The Morgan fingerprint density at radius 3 is 2.76 bits per heavy atom. The van der Waals surface area contributed by atoms with Crippen molar-refractivity contribution in [1.29, 1.82) is 0 Å². The number of carbonyl (C=O) groups excluding carboxylic acids is 2. The smallest absolute Gasteiger partial charge is 0.280 e. The molecule has 0 radical (unpaired) electrons. The van der Waals surface area contributed by atoms with Crippen molar-refractivity contribution in [2.75, 3.05) is 5.32 Å². The van der Waals surface area contributed by atoms with Crippen molar-refractivity contribution >= 4 is 17.5 Å². The number of nitrogens with one attached hydrogen (secondary N) is 1. The third kappa shape index (κ3) is 3.47. The molecule has 0 bridgehead atoms. The van der Waals surface area contributed by atoms with Crippen LogP contribution in [0.1, 0.15) is 10.5 Å². The molecule has 2 heterocycles. The van der Waals surface area contributed by atoms with Crippen LogP contribution in [0.4, 0.5) is 10.1 Å². The summed E-state index contributed by atoms with van der Waals surface area (Å²) in [5.74, 6) is -2.26. The summed E-state index contributed by atoms with van der Waals surface area (Å²) in [6.07, 6.45) is 3.84. The van der Waals surface area contributed by atoms with Crippen LogP contribution in [0.15, 0.2) is 42.9 Å². The fourth-order valence-electron chi connectivity index (χ4n) is 2.15. The lowest BCUT2D eigenvalue weighted by Gasteiger charge is -2.02. The van der Waals surface area contributed by atoms with E-state index in [1.165, 1.54) is 35.3 Å². The topological polar surface area (TPSA) is 128 Å². The van der Waals surface area contributed by atoms with Crippen molar-refractivity contribution in [3.8, 4) is 11.4 Å². The van der Waals surface area contributed by atoms with Gasteiger partial charge in [0.2, 0.25) is 5.91 Å². The number of primary amides is 1. The highest BCUT2D eigenvalue weighted by Crippen LogP contribution is 2.21. The van der Waals surface area contributed by atoms with E-state index in [1.807, 2.05) is 0 Å². The molecule has 1 aromatic carbocycles. The molecule has 128 valence electrons. The lowest BCUT2D eigenvalue weighted by molar-refractivity contribution is -0.118. The number of hydrogen-bond acceptors (Lipinski definition) is 5. The van der Waals surface area contributed by atoms with Gasteiger partial charge < -0.3 is 16.2 Å². The summed E-state index contributed by atoms with van der Waals surface area (Å²) in [6, 6.07) is 5.81. The van der Waals surface area contributed by atoms with E-state index >= 15 is 0 Å². The average Bonchev–Trinajstić information content (AvgIpc) is 3.13. The number of nitrogens with two attached hydrogens (primary N) is 1. The highest BCUT2D eigenvalue weighted by molar-refractivity contribution is 6.04. The summed E-state index contributed by atoms with van der Waals surface area (Å²) in [4.78, 5) is 23.1. The van der Waals surface area contributed by atoms with Gasteiger partial charge in [0.05, 0.1) is 18.1 Å². The SMILES string of the molecule is NC(=O)Cn1cc(NC(=O)c2nn(-c3ccccc3F)cc2O)cn1. The van der Waals surface area contributed by atoms with Crippen molar-refractivity contribution in [1.82, 2.24) is 19.6 Å². The molecule has 10 heteroatoms. The van der Waals surface area contributed by atoms with E-state index in [0.717, 1.165) is 10.9 Å². The Kier molecular flexibility index (Phi) is 4.16. The number of aromatic nitrogens is 4. The number of amides is 2. The van der Waals surface area contributed by atoms with Crippen molar-refractivity contribution in [3.05, 3.63) is 54.4 Å². The Hall–Kier alpha value is -3.69. The minimum absolute atomic E-state index is 0.0890. The lowest BCUT2D eigenvalue weighted by Crippen LogP contribution is -2.18. The first-order chi connectivity index (χ1) is 11.9. The van der Waals surface area contributed by atoms with Crippen LogP contribution in [-0.2, 0) is 11.3 Å². The molecule has 2 aromatic heterocycles. The zero-order valence-corrected chi connectivity index (χ0v) is 12.8. The zero-order valence-electron chi connectivity index (χ0n) is 12.8. The van der Waals surface area contributed by atoms with E-state index in [4.69, 9.17) is 5.73 Å². The molecule has 0 fully saturated rings. The number of carbonyl (C=O) groups is 2. The van der Waals surface area contributed by atoms with Crippen LogP contribution < -0.4 is 11.1 Å². The molecule has 4 N–H and O–H groups in total. The monoisotopic (exact) mass is 344 g/mol. The van der Waals surface area contributed by atoms with Crippen molar-refractivity contribution in [2.24, 2.45) is 5.73 Å². The first-order valence-electron chi connectivity index (χ1n) is 7.09. The van der Waals surface area contributed by atoms with E-state index in [2.05, 4.69) is 15.5 Å². The number of benzene rings is 1. The molecule has 3 rings (SSSR count). The molecule has 0 saturated heterocycles. The van der Waals surface area contributed by atoms with Gasteiger partial charge in [-0.3, -0.25) is 14.3 Å². The number of rotatable bonds is 5. The number of aromatic hydroxyl groups is 1. The molecule has 0 aliphatic carbocycles. The summed E-state index contributed by atoms with van der Waals surface area (Å²) in [6.45, 7) is -0.136. The van der Waals surface area contributed by atoms with E-state index in [0.29, 0.717) is 0 Å². The molecule has 0 saturated carbocycles. The van der Waals surface area contributed by atoms with E-state index in [1.54, 1.807) is 6.07 Å². The molecular formula is C15H13FN6O3. The van der Waals surface area contributed by atoms with Gasteiger partial charge in [-0.25, -0.2) is 9.07 Å². The predicted octanol–water partition coefficient (Wildman–Crippen LogP) is 0.651. The van der Waals surface area contributed by atoms with Gasteiger partial charge in [0, 0.05) is 6.20 Å². The fraction of sp³-hybridized carbons (Fsp3) is 0.0667. The van der Waals surface area contributed by atoms with Crippen LogP contribution in [0.25, 0.3) is 5.69 Å². The summed E-state index contributed by atoms with van der Waals surface area (Å²) < 4.78 is 16.1. The van der Waals surface area contributed by atoms with E-state index in [9.17, 15) is 19.1 Å². The second-order valence-electron chi connectivity index (χ2n) is 5.11. The van der Waals surface area contributed by atoms with Gasteiger partial charge in [-0.2, -0.15) is 10.2 Å². The van der Waals surface area contributed by atoms with Gasteiger partial charge >= 0.3 is 0 Å². The first kappa shape index (κ1) is 16.2. The molecule has 0 aliphatic rings. The molecule has 9 nitrogen and oxygen atoms in total. The third-order valence-electron chi connectivity index (χ3n) is 3.22. The Morgan fingerprint density at radius 1 is 1.28 bits per heavy atom. The summed E-state index contributed by atoms with van der Waals surface area (Å²) in [7, 11) is 0. The third-order valence-corrected chi connectivity index (χ3v) is 3.22. The van der Waals surface area contributed by atoms with Crippen LogP contribution in [0.5, 0.6) is 5.75 Å². The zero-order chi connectivity index (χ0) is 18.0. The Morgan fingerprint density at radius 2 is 2.04 bits per heavy atom. The van der Waals surface area contributed by atoms with Crippen LogP contribution in [-0.4, -0.2) is 36.5 Å². The summed E-state index contributed by atoms with van der Waals surface area (Å²) in [5, 5.41) is 20.1. The lowest BCUT2D eigenvalue weighted by atomic mass is 10.3. The molecule has 0 unspecified atom stereocenters. The van der Waals surface area contributed by atoms with Gasteiger partial charge in [0.1, 0.15) is 18.0 Å². The molecular weight excluding hydrogens is 331 g/mol. The number of nitrogens with zero attached hydrogens (tertiary/aromatic N) is 4. The molecule has 3 aromatic rings. The predicted molar refractivity (Wildman–Crippen MR) is 84.6 cm³/mol. The number of halogens is 1. The highest BCUT2D eigenvalue weighted by Gasteiger charge is 2.19. The second kappa shape index (κ2) is 6.43. The van der Waals surface area contributed by atoms with Crippen LogP contribution in [0.3, 0.4) is 0 Å². The van der Waals surface area contributed by atoms with Crippen molar-refractivity contribution in [2.45, 2.75) is 6.54 Å². The fourth-order valence-corrected chi connectivity index (χ4v) is 2.15. The van der Waals surface area contributed by atoms with Gasteiger partial charge in [0.25, 0.3) is 5.91 Å². The Balaban J connectivity index is 1.80. The molecule has 0 atom stereocenters. The summed E-state index contributed by atoms with van der Waals surface area (Å²) in [5.41, 5.74) is 5.14. The second-order valence-corrected chi connectivity index (χ2v) is 5.11. The van der Waals surface area contributed by atoms with Gasteiger partial charge in [0.15, 0.2) is 11.4 Å². The maximum atomic E-state index is 13.8. The highest BCUT2D eigenvalue weighted by atomic mass is 19.1.